The first-order valence-electron chi connectivity index (χ1n) is 8.44. The van der Waals surface area contributed by atoms with Crippen LogP contribution in [-0.2, 0) is 21.2 Å². The van der Waals surface area contributed by atoms with Crippen LogP contribution in [0.25, 0.3) is 0 Å². The second-order valence-electron chi connectivity index (χ2n) is 6.11. The number of fused-ring (bicyclic) bond motifs is 1. The zero-order chi connectivity index (χ0) is 19.6. The molecule has 0 saturated carbocycles. The summed E-state index contributed by atoms with van der Waals surface area (Å²) in [7, 11) is -3.34. The maximum absolute atomic E-state index is 12.3. The van der Waals surface area contributed by atoms with E-state index >= 15 is 0 Å². The van der Waals surface area contributed by atoms with Crippen molar-refractivity contribution < 1.29 is 27.9 Å². The van der Waals surface area contributed by atoms with E-state index in [1.54, 1.807) is 25.1 Å². The Morgan fingerprint density at radius 2 is 1.78 bits per heavy atom. The van der Waals surface area contributed by atoms with E-state index in [1.165, 1.54) is 28.6 Å². The average molecular weight is 389 g/mol. The minimum atomic E-state index is -3.34. The van der Waals surface area contributed by atoms with Crippen molar-refractivity contribution in [3.63, 3.8) is 0 Å². The van der Waals surface area contributed by atoms with Crippen LogP contribution in [0.5, 0.6) is 5.75 Å². The zero-order valence-electron chi connectivity index (χ0n) is 14.7. The van der Waals surface area contributed by atoms with Crippen molar-refractivity contribution in [1.82, 2.24) is 0 Å². The Morgan fingerprint density at radius 1 is 1.11 bits per heavy atom. The van der Waals surface area contributed by atoms with Crippen LogP contribution in [0.1, 0.15) is 33.2 Å². The number of ether oxygens (including phenoxy) is 1. The van der Waals surface area contributed by atoms with Crippen molar-refractivity contribution in [2.24, 2.45) is 0 Å². The Balaban J connectivity index is 1.68. The maximum Gasteiger partial charge on any atom is 0.338 e. The number of carbonyl (C=O) groups is 2. The van der Waals surface area contributed by atoms with Gasteiger partial charge in [-0.15, -0.1) is 0 Å². The lowest BCUT2D eigenvalue weighted by Gasteiger charge is -2.18. The lowest BCUT2D eigenvalue weighted by molar-refractivity contribution is 0.0474. The number of anilines is 1. The van der Waals surface area contributed by atoms with Crippen LogP contribution in [-0.4, -0.2) is 44.2 Å². The Kier molecular flexibility index (Phi) is 5.18. The van der Waals surface area contributed by atoms with E-state index in [9.17, 15) is 23.1 Å². The van der Waals surface area contributed by atoms with Crippen LogP contribution >= 0.6 is 0 Å². The fraction of sp³-hybridized carbons (Fsp3) is 0.263. The number of sulfonamides is 1. The molecule has 7 nitrogen and oxygen atoms in total. The lowest BCUT2D eigenvalue weighted by Crippen LogP contribution is -2.30. The molecule has 0 spiro atoms. The van der Waals surface area contributed by atoms with Crippen LogP contribution in [0.3, 0.4) is 0 Å². The molecule has 27 heavy (non-hydrogen) atoms. The predicted octanol–water partition coefficient (Wildman–Crippen LogP) is 2.14. The number of phenols is 1. The Morgan fingerprint density at radius 3 is 2.44 bits per heavy atom. The third kappa shape index (κ3) is 3.95. The molecule has 0 aliphatic carbocycles. The Labute approximate surface area is 157 Å². The van der Waals surface area contributed by atoms with E-state index in [2.05, 4.69) is 0 Å². The van der Waals surface area contributed by atoms with Crippen molar-refractivity contribution in [2.45, 2.75) is 13.3 Å². The van der Waals surface area contributed by atoms with Gasteiger partial charge in [-0.2, -0.15) is 0 Å². The zero-order valence-corrected chi connectivity index (χ0v) is 15.5. The molecule has 2 aromatic carbocycles. The van der Waals surface area contributed by atoms with E-state index < -0.39 is 22.6 Å². The molecule has 8 heteroatoms. The van der Waals surface area contributed by atoms with Crippen LogP contribution in [0.15, 0.2) is 42.5 Å². The number of phenolic OH excluding ortho intramolecular Hbond substituents is 1. The van der Waals surface area contributed by atoms with Gasteiger partial charge in [0.15, 0.2) is 12.4 Å². The summed E-state index contributed by atoms with van der Waals surface area (Å²) in [5.74, 6) is -0.994. The first kappa shape index (κ1) is 18.9. The predicted molar refractivity (Wildman–Crippen MR) is 99.7 cm³/mol. The molecule has 1 N–H and O–H groups in total. The van der Waals surface area contributed by atoms with Crippen LogP contribution in [0.4, 0.5) is 5.69 Å². The molecule has 0 bridgehead atoms. The molecule has 0 saturated heterocycles. The standard InChI is InChI=1S/C19H19NO6S/c1-2-27(24,25)20-10-9-14-11-15(5-8-17(14)20)18(22)12-26-19(23)13-3-6-16(21)7-4-13/h3-8,11,21H,2,9-10,12H2,1H3. The molecular formula is C19H19NO6S. The van der Waals surface area contributed by atoms with E-state index in [0.29, 0.717) is 24.2 Å². The Bertz CT molecular complexity index is 982. The second kappa shape index (κ2) is 7.40. The molecule has 0 unspecified atom stereocenters. The fourth-order valence-corrected chi connectivity index (χ4v) is 4.04. The summed E-state index contributed by atoms with van der Waals surface area (Å²) in [6, 6.07) is 10.3. The van der Waals surface area contributed by atoms with Gasteiger partial charge in [0.25, 0.3) is 0 Å². The van der Waals surface area contributed by atoms with E-state index in [-0.39, 0.29) is 22.8 Å². The maximum atomic E-state index is 12.3. The Hall–Kier alpha value is -2.87. The SMILES string of the molecule is CCS(=O)(=O)N1CCc2cc(C(=O)COC(=O)c3ccc(O)cc3)ccc21. The molecule has 1 aliphatic rings. The number of hydrogen-bond acceptors (Lipinski definition) is 6. The molecular weight excluding hydrogens is 370 g/mol. The molecule has 0 radical (unpaired) electrons. The monoisotopic (exact) mass is 389 g/mol. The van der Waals surface area contributed by atoms with Crippen molar-refractivity contribution in [2.75, 3.05) is 23.2 Å². The van der Waals surface area contributed by atoms with Gasteiger partial charge in [0.05, 0.1) is 17.0 Å². The topological polar surface area (TPSA) is 101 Å². The highest BCUT2D eigenvalue weighted by atomic mass is 32.2. The van der Waals surface area contributed by atoms with E-state index in [1.807, 2.05) is 0 Å². The smallest absolute Gasteiger partial charge is 0.338 e. The first-order chi connectivity index (χ1) is 12.8. The minimum Gasteiger partial charge on any atom is -0.508 e. The number of ketones is 1. The summed E-state index contributed by atoms with van der Waals surface area (Å²) < 4.78 is 30.6. The number of aromatic hydroxyl groups is 1. The fourth-order valence-electron chi connectivity index (χ4n) is 2.88. The third-order valence-corrected chi connectivity index (χ3v) is 6.17. The highest BCUT2D eigenvalue weighted by Gasteiger charge is 2.28. The molecule has 0 aromatic heterocycles. The number of nitrogens with zero attached hydrogens (tertiary/aromatic N) is 1. The molecule has 3 rings (SSSR count). The molecule has 0 amide bonds. The average Bonchev–Trinajstić information content (AvgIpc) is 3.10. The van der Waals surface area contributed by atoms with Crippen molar-refractivity contribution in [1.29, 1.82) is 0 Å². The summed E-state index contributed by atoms with van der Waals surface area (Å²) >= 11 is 0. The third-order valence-electron chi connectivity index (χ3n) is 4.39. The number of rotatable bonds is 6. The van der Waals surface area contributed by atoms with Crippen molar-refractivity contribution in [3.8, 4) is 5.75 Å². The number of esters is 1. The van der Waals surface area contributed by atoms with Crippen molar-refractivity contribution in [3.05, 3.63) is 59.2 Å². The van der Waals surface area contributed by atoms with E-state index in [4.69, 9.17) is 4.74 Å². The molecule has 1 heterocycles. The molecule has 1 aliphatic heterocycles. The van der Waals surface area contributed by atoms with Gasteiger partial charge in [0, 0.05) is 12.1 Å². The molecule has 142 valence electrons. The van der Waals surface area contributed by atoms with Gasteiger partial charge in [-0.25, -0.2) is 13.2 Å². The van der Waals surface area contributed by atoms with Gasteiger partial charge in [-0.3, -0.25) is 9.10 Å². The van der Waals surface area contributed by atoms with Crippen LogP contribution < -0.4 is 4.31 Å². The molecule has 0 atom stereocenters. The number of benzene rings is 2. The quantitative estimate of drug-likeness (QED) is 0.600. The van der Waals surface area contributed by atoms with Gasteiger partial charge in [-0.05, 0) is 61.4 Å². The number of hydrogen-bond donors (Lipinski definition) is 1. The normalized spacial score (nSPS) is 13.3. The lowest BCUT2D eigenvalue weighted by atomic mass is 10.1. The van der Waals surface area contributed by atoms with E-state index in [0.717, 1.165) is 5.56 Å². The largest absolute Gasteiger partial charge is 0.508 e. The van der Waals surface area contributed by atoms with Gasteiger partial charge >= 0.3 is 5.97 Å². The summed E-state index contributed by atoms with van der Waals surface area (Å²) in [6.07, 6.45) is 0.531. The van der Waals surface area contributed by atoms with Crippen LogP contribution in [0, 0.1) is 0 Å². The summed E-state index contributed by atoms with van der Waals surface area (Å²) in [5.41, 5.74) is 1.97. The van der Waals surface area contributed by atoms with Gasteiger partial charge in [0.1, 0.15) is 5.75 Å². The van der Waals surface area contributed by atoms with Gasteiger partial charge < -0.3 is 9.84 Å². The summed E-state index contributed by atoms with van der Waals surface area (Å²) in [6.45, 7) is 1.53. The number of Topliss-reactive ketones (excluding diaryl/α,β-unsaturated/α-hetero) is 1. The highest BCUT2D eigenvalue weighted by Crippen LogP contribution is 2.31. The molecule has 2 aromatic rings. The van der Waals surface area contributed by atoms with Crippen LogP contribution in [0.2, 0.25) is 0 Å². The summed E-state index contributed by atoms with van der Waals surface area (Å²) in [5, 5.41) is 9.22. The number of carbonyl (C=O) groups excluding carboxylic acids is 2. The molecule has 0 fully saturated rings. The first-order valence-corrected chi connectivity index (χ1v) is 10.1. The second-order valence-corrected chi connectivity index (χ2v) is 8.29. The van der Waals surface area contributed by atoms with Gasteiger partial charge in [-0.1, -0.05) is 0 Å². The highest BCUT2D eigenvalue weighted by molar-refractivity contribution is 7.92. The van der Waals surface area contributed by atoms with Gasteiger partial charge in [0.2, 0.25) is 10.0 Å². The minimum absolute atomic E-state index is 0.0142. The van der Waals surface area contributed by atoms with Crippen molar-refractivity contribution >= 4 is 27.5 Å². The summed E-state index contributed by atoms with van der Waals surface area (Å²) in [4.78, 5) is 24.3.